The zero-order valence-electron chi connectivity index (χ0n) is 19.1. The van der Waals surface area contributed by atoms with Gasteiger partial charge in [-0.3, -0.25) is 0 Å². The fourth-order valence-corrected chi connectivity index (χ4v) is 13.8. The van der Waals surface area contributed by atoms with Crippen LogP contribution in [0.5, 0.6) is 11.5 Å². The van der Waals surface area contributed by atoms with Crippen LogP contribution in [0.3, 0.4) is 0 Å². The average molecular weight is 585 g/mol. The number of hydrogen-bond acceptors (Lipinski definition) is 3. The summed E-state index contributed by atoms with van der Waals surface area (Å²) in [4.78, 5) is 0. The molecule has 0 fully saturated rings. The van der Waals surface area contributed by atoms with Gasteiger partial charge in [0.25, 0.3) is 0 Å². The predicted octanol–water partition coefficient (Wildman–Crippen LogP) is 5.58. The van der Waals surface area contributed by atoms with Crippen LogP contribution in [0, 0.1) is 13.8 Å². The van der Waals surface area contributed by atoms with Crippen molar-refractivity contribution in [3.63, 3.8) is 0 Å². The number of methoxy groups -OCH3 is 2. The van der Waals surface area contributed by atoms with Gasteiger partial charge in [-0.2, -0.15) is 0 Å². The van der Waals surface area contributed by atoms with E-state index in [0.29, 0.717) is 0 Å². The van der Waals surface area contributed by atoms with Crippen LogP contribution in [0.25, 0.3) is 22.3 Å². The molecule has 0 aliphatic rings. The molecule has 5 heteroatoms. The molecule has 0 saturated carbocycles. The molecule has 0 radical (unpaired) electrons. The summed E-state index contributed by atoms with van der Waals surface area (Å²) in [5.74, 6) is 1.80. The first-order valence-corrected chi connectivity index (χ1v) is 17.2. The van der Waals surface area contributed by atoms with Crippen LogP contribution >= 0.6 is 8.60 Å². The number of ether oxygens (including phenoxy) is 2. The normalized spacial score (nSPS) is 10.8. The van der Waals surface area contributed by atoms with E-state index in [2.05, 4.69) is 107 Å². The Hall–Kier alpha value is -2.13. The van der Waals surface area contributed by atoms with E-state index in [4.69, 9.17) is 9.47 Å². The van der Waals surface area contributed by atoms with Gasteiger partial charge in [0, 0.05) is 0 Å². The first-order valence-electron chi connectivity index (χ1n) is 10.6. The second kappa shape index (κ2) is 11.3. The number of rotatable bonds is 8. The van der Waals surface area contributed by atoms with Crippen molar-refractivity contribution in [2.24, 2.45) is 0 Å². The van der Waals surface area contributed by atoms with E-state index in [1.54, 1.807) is 14.2 Å². The summed E-state index contributed by atoms with van der Waals surface area (Å²) in [7, 11) is 5.51. The van der Waals surface area contributed by atoms with Crippen LogP contribution in [0.1, 0.15) is 11.1 Å². The van der Waals surface area contributed by atoms with Crippen LogP contribution in [-0.4, -0.2) is 41.9 Å². The van der Waals surface area contributed by atoms with E-state index in [1.165, 1.54) is 42.3 Å². The maximum absolute atomic E-state index is 5.52. The average Bonchev–Trinajstić information content (AvgIpc) is 2.85. The van der Waals surface area contributed by atoms with Gasteiger partial charge in [-0.05, 0) is 0 Å². The molecule has 4 aromatic carbocycles. The molecular weight excluding hydrogens is 558 g/mol. The molecule has 168 valence electrons. The number of hydrogen-bond donors (Lipinski definition) is 0. The summed E-state index contributed by atoms with van der Waals surface area (Å²) in [6.07, 6.45) is 0. The standard InChI is InChI=1S/C28H26O2SSe2/c1-19-5-9-21(10-6-19)25-17-23(29-3)13-15-27(25)32-31-33-28-16-14-24(30-4)18-26(28)22-11-7-20(2)8-12-22/h5-18H,1-4H3. The summed E-state index contributed by atoms with van der Waals surface area (Å²) >= 11 is 0.577. The Kier molecular flexibility index (Phi) is 8.24. The first-order chi connectivity index (χ1) is 16.1. The van der Waals surface area contributed by atoms with Crippen molar-refractivity contribution in [1.29, 1.82) is 0 Å². The van der Waals surface area contributed by atoms with Crippen molar-refractivity contribution in [3.05, 3.63) is 96.1 Å². The summed E-state index contributed by atoms with van der Waals surface area (Å²) < 4.78 is 13.8. The Morgan fingerprint density at radius 3 is 1.30 bits per heavy atom. The maximum atomic E-state index is 5.52. The van der Waals surface area contributed by atoms with Crippen molar-refractivity contribution < 1.29 is 9.47 Å². The zero-order valence-corrected chi connectivity index (χ0v) is 23.4. The molecule has 2 nitrogen and oxygen atoms in total. The first kappa shape index (κ1) is 24.0. The van der Waals surface area contributed by atoms with E-state index < -0.39 is 0 Å². The van der Waals surface area contributed by atoms with E-state index in [9.17, 15) is 0 Å². The van der Waals surface area contributed by atoms with Crippen LogP contribution < -0.4 is 18.4 Å². The van der Waals surface area contributed by atoms with Crippen molar-refractivity contribution in [2.75, 3.05) is 14.2 Å². The monoisotopic (exact) mass is 586 g/mol. The van der Waals surface area contributed by atoms with Gasteiger partial charge in [-0.15, -0.1) is 0 Å². The summed E-state index contributed by atoms with van der Waals surface area (Å²) in [6.45, 7) is 4.25. The van der Waals surface area contributed by atoms with Gasteiger partial charge in [0.15, 0.2) is 0 Å². The second-order valence-corrected chi connectivity index (χ2v) is 17.4. The molecule has 0 bridgehead atoms. The molecule has 33 heavy (non-hydrogen) atoms. The molecule has 4 aromatic rings. The Morgan fingerprint density at radius 2 is 0.939 bits per heavy atom. The Labute approximate surface area is 211 Å². The van der Waals surface area contributed by atoms with Crippen molar-refractivity contribution in [3.8, 4) is 33.8 Å². The van der Waals surface area contributed by atoms with Crippen LogP contribution in [-0.2, 0) is 0 Å². The minimum atomic E-state index is 0.289. The zero-order chi connectivity index (χ0) is 23.2. The number of benzene rings is 4. The van der Waals surface area contributed by atoms with Gasteiger partial charge in [0.2, 0.25) is 0 Å². The summed E-state index contributed by atoms with van der Waals surface area (Å²) in [6, 6.07) is 30.5. The number of aryl methyl sites for hydroxylation is 2. The predicted molar refractivity (Wildman–Crippen MR) is 145 cm³/mol. The Bertz CT molecular complexity index is 1120. The van der Waals surface area contributed by atoms with Gasteiger partial charge in [0.1, 0.15) is 0 Å². The summed E-state index contributed by atoms with van der Waals surface area (Å²) in [5.41, 5.74) is 7.57. The molecular formula is C28H26O2SSe2. The van der Waals surface area contributed by atoms with E-state index in [1.807, 2.05) is 0 Å². The van der Waals surface area contributed by atoms with E-state index in [0.717, 1.165) is 11.5 Å². The third-order valence-electron chi connectivity index (χ3n) is 5.35. The van der Waals surface area contributed by atoms with Gasteiger partial charge in [-0.25, -0.2) is 0 Å². The van der Waals surface area contributed by atoms with Gasteiger partial charge in [-0.1, -0.05) is 0 Å². The molecule has 0 atom stereocenters. The van der Waals surface area contributed by atoms with E-state index >= 15 is 0 Å². The molecule has 0 unspecified atom stereocenters. The SMILES string of the molecule is COc1ccc([Se]S[Se]c2ccc(OC)cc2-c2ccc(C)cc2)c(-c2ccc(C)cc2)c1. The van der Waals surface area contributed by atoms with Crippen LogP contribution in [0.15, 0.2) is 84.9 Å². The fraction of sp³-hybridized carbons (Fsp3) is 0.143. The van der Waals surface area contributed by atoms with Crippen molar-refractivity contribution >= 4 is 45.2 Å². The van der Waals surface area contributed by atoms with Crippen molar-refractivity contribution in [2.45, 2.75) is 13.8 Å². The second-order valence-electron chi connectivity index (χ2n) is 7.69. The van der Waals surface area contributed by atoms with Crippen molar-refractivity contribution in [1.82, 2.24) is 0 Å². The molecule has 4 rings (SSSR count). The molecule has 0 saturated heterocycles. The molecule has 0 aromatic heterocycles. The topological polar surface area (TPSA) is 18.5 Å². The fourth-order valence-electron chi connectivity index (χ4n) is 3.43. The molecule has 0 aliphatic carbocycles. The Balaban J connectivity index is 1.57. The van der Waals surface area contributed by atoms with Gasteiger partial charge >= 0.3 is 213 Å². The molecule has 0 aliphatic heterocycles. The van der Waals surface area contributed by atoms with Gasteiger partial charge in [0.05, 0.1) is 0 Å². The minimum absolute atomic E-state index is 0.289. The Morgan fingerprint density at radius 1 is 0.545 bits per heavy atom. The molecule has 0 heterocycles. The quantitative estimate of drug-likeness (QED) is 0.252. The van der Waals surface area contributed by atoms with Crippen LogP contribution in [0.2, 0.25) is 0 Å². The molecule has 0 N–H and O–H groups in total. The summed E-state index contributed by atoms with van der Waals surface area (Å²) in [5, 5.41) is 0. The van der Waals surface area contributed by atoms with Gasteiger partial charge < -0.3 is 0 Å². The molecule has 0 amide bonds. The van der Waals surface area contributed by atoms with Crippen LogP contribution in [0.4, 0.5) is 0 Å². The third-order valence-corrected chi connectivity index (χ3v) is 14.9. The van der Waals surface area contributed by atoms with E-state index in [-0.39, 0.29) is 27.7 Å². The molecule has 0 spiro atoms. The third kappa shape index (κ3) is 6.06.